The quantitative estimate of drug-likeness (QED) is 0.592. The fraction of sp³-hybridized carbons (Fsp3) is 0.231. The van der Waals surface area contributed by atoms with Crippen LogP contribution in [-0.4, -0.2) is 0 Å². The first kappa shape index (κ1) is 9.79. The van der Waals surface area contributed by atoms with Crippen LogP contribution in [0.2, 0.25) is 0 Å². The van der Waals surface area contributed by atoms with Crippen molar-refractivity contribution in [3.8, 4) is 0 Å². The van der Waals surface area contributed by atoms with Crippen LogP contribution in [-0.2, 0) is 0 Å². The van der Waals surface area contributed by atoms with Gasteiger partial charge in [0.1, 0.15) is 0 Å². The van der Waals surface area contributed by atoms with Crippen LogP contribution in [0.4, 0.5) is 0 Å². The Bertz CT molecular complexity index is 343. The van der Waals surface area contributed by atoms with Crippen molar-refractivity contribution in [2.24, 2.45) is 0 Å². The monoisotopic (exact) mass is 172 g/mol. The van der Waals surface area contributed by atoms with Gasteiger partial charge in [-0.25, -0.2) is 0 Å². The average Bonchev–Trinajstić information content (AvgIpc) is 2.16. The molecule has 0 nitrogen and oxygen atoms in total. The lowest BCUT2D eigenvalue weighted by atomic mass is 9.97. The van der Waals surface area contributed by atoms with Gasteiger partial charge in [0.05, 0.1) is 0 Å². The van der Waals surface area contributed by atoms with Crippen molar-refractivity contribution in [1.29, 1.82) is 0 Å². The first-order chi connectivity index (χ1) is 6.16. The van der Waals surface area contributed by atoms with E-state index in [1.165, 1.54) is 16.7 Å². The number of benzene rings is 1. The maximum atomic E-state index is 4.09. The van der Waals surface area contributed by atoms with E-state index in [2.05, 4.69) is 50.8 Å². The minimum atomic E-state index is 1.13. The maximum absolute atomic E-state index is 4.09. The third-order valence-electron chi connectivity index (χ3n) is 2.38. The smallest absolute Gasteiger partial charge is 0.0158 e. The number of allylic oxidation sites excluding steroid dienone is 3. The van der Waals surface area contributed by atoms with Crippen molar-refractivity contribution in [2.45, 2.75) is 20.8 Å². The molecule has 68 valence electrons. The van der Waals surface area contributed by atoms with Gasteiger partial charge in [0.2, 0.25) is 0 Å². The van der Waals surface area contributed by atoms with Crippen molar-refractivity contribution in [3.05, 3.63) is 53.6 Å². The Labute approximate surface area is 80.6 Å². The van der Waals surface area contributed by atoms with Gasteiger partial charge in [-0.3, -0.25) is 0 Å². The molecule has 0 amide bonds. The zero-order valence-electron chi connectivity index (χ0n) is 8.59. The first-order valence-electron chi connectivity index (χ1n) is 4.55. The van der Waals surface area contributed by atoms with E-state index in [0.717, 1.165) is 5.57 Å². The molecule has 0 saturated carbocycles. The molecular formula is C13H16. The number of aryl methyl sites for hydroxylation is 1. The first-order valence-corrected chi connectivity index (χ1v) is 4.55. The van der Waals surface area contributed by atoms with Crippen LogP contribution in [0.5, 0.6) is 0 Å². The van der Waals surface area contributed by atoms with Gasteiger partial charge >= 0.3 is 0 Å². The second kappa shape index (κ2) is 4.08. The molecule has 13 heavy (non-hydrogen) atoms. The molecule has 1 rings (SSSR count). The van der Waals surface area contributed by atoms with Gasteiger partial charge in [0.25, 0.3) is 0 Å². The second-order valence-electron chi connectivity index (χ2n) is 3.27. The molecule has 0 aliphatic heterocycles. The molecule has 0 heterocycles. The van der Waals surface area contributed by atoms with Gasteiger partial charge in [-0.15, -0.1) is 0 Å². The summed E-state index contributed by atoms with van der Waals surface area (Å²) >= 11 is 0. The minimum Gasteiger partial charge on any atom is -0.0909 e. The largest absolute Gasteiger partial charge is 0.0909 e. The molecule has 0 spiro atoms. The van der Waals surface area contributed by atoms with Crippen LogP contribution < -0.4 is 0 Å². The molecule has 0 atom stereocenters. The van der Waals surface area contributed by atoms with Crippen LogP contribution in [0.3, 0.4) is 0 Å². The van der Waals surface area contributed by atoms with E-state index < -0.39 is 0 Å². The van der Waals surface area contributed by atoms with Gasteiger partial charge in [-0.05, 0) is 43.0 Å². The van der Waals surface area contributed by atoms with Gasteiger partial charge in [-0.2, -0.15) is 0 Å². The molecular weight excluding hydrogens is 156 g/mol. The van der Waals surface area contributed by atoms with E-state index in [4.69, 9.17) is 0 Å². The van der Waals surface area contributed by atoms with Crippen LogP contribution in [0.15, 0.2) is 42.5 Å². The fourth-order valence-electron chi connectivity index (χ4n) is 1.30. The molecule has 0 heteroatoms. The lowest BCUT2D eigenvalue weighted by Gasteiger charge is -2.08. The third kappa shape index (κ3) is 2.09. The van der Waals surface area contributed by atoms with Crippen molar-refractivity contribution in [2.75, 3.05) is 0 Å². The van der Waals surface area contributed by atoms with Gasteiger partial charge in [0, 0.05) is 0 Å². The lowest BCUT2D eigenvalue weighted by molar-refractivity contribution is 1.39. The zero-order valence-corrected chi connectivity index (χ0v) is 8.59. The molecule has 0 unspecified atom stereocenters. The second-order valence-corrected chi connectivity index (χ2v) is 3.27. The maximum Gasteiger partial charge on any atom is -0.0158 e. The molecule has 0 radical (unpaired) electrons. The number of hydrogen-bond acceptors (Lipinski definition) is 0. The summed E-state index contributed by atoms with van der Waals surface area (Å²) in [5, 5.41) is 0. The Morgan fingerprint density at radius 1 is 1.31 bits per heavy atom. The Morgan fingerprint density at radius 2 is 1.92 bits per heavy atom. The van der Waals surface area contributed by atoms with Crippen molar-refractivity contribution in [1.82, 2.24) is 0 Å². The highest BCUT2D eigenvalue weighted by atomic mass is 14.1. The van der Waals surface area contributed by atoms with E-state index in [1.807, 2.05) is 6.92 Å². The van der Waals surface area contributed by atoms with Crippen LogP contribution in [0, 0.1) is 6.92 Å². The van der Waals surface area contributed by atoms with E-state index in [9.17, 15) is 0 Å². The molecule has 1 aromatic rings. The normalized spacial score (nSPS) is 11.5. The predicted molar refractivity (Wildman–Crippen MR) is 59.6 cm³/mol. The standard InChI is InChI=1S/C13H16/c1-5-10(2)12(4)13-9-7-6-8-11(13)3/h5-9H,4H2,1-3H3. The lowest BCUT2D eigenvalue weighted by Crippen LogP contribution is -1.88. The Morgan fingerprint density at radius 3 is 2.46 bits per heavy atom. The summed E-state index contributed by atoms with van der Waals surface area (Å²) < 4.78 is 0. The van der Waals surface area contributed by atoms with Gasteiger partial charge in [-0.1, -0.05) is 36.9 Å². The number of rotatable bonds is 2. The summed E-state index contributed by atoms with van der Waals surface area (Å²) in [6.45, 7) is 10.3. The molecule has 0 N–H and O–H groups in total. The van der Waals surface area contributed by atoms with Gasteiger partial charge < -0.3 is 0 Å². The summed E-state index contributed by atoms with van der Waals surface area (Å²) in [4.78, 5) is 0. The van der Waals surface area contributed by atoms with Crippen molar-refractivity contribution >= 4 is 5.57 Å². The summed E-state index contributed by atoms with van der Waals surface area (Å²) in [5.41, 5.74) is 4.90. The van der Waals surface area contributed by atoms with E-state index in [0.29, 0.717) is 0 Å². The molecule has 1 aromatic carbocycles. The molecule has 0 aliphatic rings. The predicted octanol–water partition coefficient (Wildman–Crippen LogP) is 3.97. The molecule has 0 aromatic heterocycles. The van der Waals surface area contributed by atoms with Crippen molar-refractivity contribution < 1.29 is 0 Å². The minimum absolute atomic E-state index is 1.13. The van der Waals surface area contributed by atoms with Gasteiger partial charge in [0.15, 0.2) is 0 Å². The highest BCUT2D eigenvalue weighted by Gasteiger charge is 2.02. The fourth-order valence-corrected chi connectivity index (χ4v) is 1.30. The number of hydrogen-bond donors (Lipinski definition) is 0. The van der Waals surface area contributed by atoms with Crippen LogP contribution >= 0.6 is 0 Å². The molecule has 0 bridgehead atoms. The Balaban J connectivity index is 3.10. The van der Waals surface area contributed by atoms with E-state index in [-0.39, 0.29) is 0 Å². The SMILES string of the molecule is C=C(C(C)=CC)c1ccccc1C. The summed E-state index contributed by atoms with van der Waals surface area (Å²) in [6.07, 6.45) is 2.09. The third-order valence-corrected chi connectivity index (χ3v) is 2.38. The van der Waals surface area contributed by atoms with E-state index >= 15 is 0 Å². The summed E-state index contributed by atoms with van der Waals surface area (Å²) in [6, 6.07) is 8.33. The van der Waals surface area contributed by atoms with E-state index in [1.54, 1.807) is 0 Å². The summed E-state index contributed by atoms with van der Waals surface area (Å²) in [7, 11) is 0. The highest BCUT2D eigenvalue weighted by Crippen LogP contribution is 2.23. The van der Waals surface area contributed by atoms with Crippen LogP contribution in [0.25, 0.3) is 5.57 Å². The highest BCUT2D eigenvalue weighted by molar-refractivity contribution is 5.78. The Kier molecular flexibility index (Phi) is 3.07. The van der Waals surface area contributed by atoms with Crippen molar-refractivity contribution in [3.63, 3.8) is 0 Å². The Hall–Kier alpha value is -1.30. The average molecular weight is 172 g/mol. The van der Waals surface area contributed by atoms with Crippen LogP contribution in [0.1, 0.15) is 25.0 Å². The molecule has 0 fully saturated rings. The topological polar surface area (TPSA) is 0 Å². The molecule has 0 saturated heterocycles. The summed E-state index contributed by atoms with van der Waals surface area (Å²) in [5.74, 6) is 0. The zero-order chi connectivity index (χ0) is 9.84. The molecule has 0 aliphatic carbocycles.